The summed E-state index contributed by atoms with van der Waals surface area (Å²) >= 11 is 3.76. The number of aromatic nitrogens is 2. The number of halogens is 1. The first-order valence-electron chi connectivity index (χ1n) is 8.45. The number of aryl methyl sites for hydroxylation is 2. The summed E-state index contributed by atoms with van der Waals surface area (Å²) in [4.78, 5) is 0. The minimum absolute atomic E-state index is 0.283. The van der Waals surface area contributed by atoms with Crippen LogP contribution >= 0.6 is 15.9 Å². The van der Waals surface area contributed by atoms with Crippen LogP contribution in [0.3, 0.4) is 0 Å². The molecule has 120 valence electrons. The smallest absolute Gasteiger partial charge is 0.0766 e. The van der Waals surface area contributed by atoms with E-state index in [2.05, 4.69) is 46.6 Å². The molecule has 1 aromatic heterocycles. The third-order valence-corrected chi connectivity index (χ3v) is 6.26. The highest BCUT2D eigenvalue weighted by Crippen LogP contribution is 2.43. The summed E-state index contributed by atoms with van der Waals surface area (Å²) in [6, 6.07) is 0. The van der Waals surface area contributed by atoms with E-state index in [1.165, 1.54) is 54.4 Å². The van der Waals surface area contributed by atoms with Crippen molar-refractivity contribution in [3.05, 3.63) is 15.9 Å². The van der Waals surface area contributed by atoms with Gasteiger partial charge in [-0.3, -0.25) is 4.68 Å². The summed E-state index contributed by atoms with van der Waals surface area (Å²) in [5, 5.41) is 4.63. The molecule has 4 heteroatoms. The summed E-state index contributed by atoms with van der Waals surface area (Å²) in [6.45, 7) is 5.25. The predicted molar refractivity (Wildman–Crippen MR) is 92.3 cm³/mol. The van der Waals surface area contributed by atoms with E-state index < -0.39 is 0 Å². The molecular formula is C17H30BrN3. The highest BCUT2D eigenvalue weighted by molar-refractivity contribution is 9.10. The molecule has 2 N–H and O–H groups in total. The van der Waals surface area contributed by atoms with Crippen LogP contribution in [0.25, 0.3) is 0 Å². The quantitative estimate of drug-likeness (QED) is 0.829. The van der Waals surface area contributed by atoms with Crippen molar-refractivity contribution in [2.24, 2.45) is 24.1 Å². The van der Waals surface area contributed by atoms with Gasteiger partial charge in [0.05, 0.1) is 15.9 Å². The lowest BCUT2D eigenvalue weighted by Crippen LogP contribution is -2.37. The first-order valence-corrected chi connectivity index (χ1v) is 9.24. The van der Waals surface area contributed by atoms with Gasteiger partial charge in [-0.05, 0) is 72.3 Å². The molecule has 0 amide bonds. The maximum atomic E-state index is 6.20. The SMILES string of the molecule is CCCC1CCC(CN)(Cc2c(Br)c(CC)nn2C)CC1. The summed E-state index contributed by atoms with van der Waals surface area (Å²) in [6.07, 6.45) is 9.97. The van der Waals surface area contributed by atoms with Crippen molar-refractivity contribution < 1.29 is 0 Å². The minimum atomic E-state index is 0.283. The van der Waals surface area contributed by atoms with E-state index in [4.69, 9.17) is 5.73 Å². The van der Waals surface area contributed by atoms with Gasteiger partial charge in [0.15, 0.2) is 0 Å². The van der Waals surface area contributed by atoms with E-state index in [-0.39, 0.29) is 5.41 Å². The fourth-order valence-corrected chi connectivity index (χ4v) is 4.56. The molecule has 0 unspecified atom stereocenters. The fraction of sp³-hybridized carbons (Fsp3) is 0.824. The molecule has 1 heterocycles. The van der Waals surface area contributed by atoms with Crippen molar-refractivity contribution in [2.75, 3.05) is 6.54 Å². The lowest BCUT2D eigenvalue weighted by atomic mass is 9.67. The third kappa shape index (κ3) is 3.70. The van der Waals surface area contributed by atoms with Crippen molar-refractivity contribution in [2.45, 2.75) is 65.2 Å². The lowest BCUT2D eigenvalue weighted by molar-refractivity contribution is 0.148. The van der Waals surface area contributed by atoms with Gasteiger partial charge < -0.3 is 5.73 Å². The average Bonchev–Trinajstić information content (AvgIpc) is 2.77. The van der Waals surface area contributed by atoms with Gasteiger partial charge in [-0.25, -0.2) is 0 Å². The van der Waals surface area contributed by atoms with Gasteiger partial charge in [0, 0.05) is 7.05 Å². The van der Waals surface area contributed by atoms with Crippen LogP contribution in [-0.2, 0) is 19.9 Å². The molecule has 0 spiro atoms. The minimum Gasteiger partial charge on any atom is -0.330 e. The fourth-order valence-electron chi connectivity index (χ4n) is 3.81. The Bertz CT molecular complexity index is 459. The molecule has 1 aliphatic carbocycles. The topological polar surface area (TPSA) is 43.8 Å². The molecule has 2 rings (SSSR count). The number of nitrogens with zero attached hydrogens (tertiary/aromatic N) is 2. The molecule has 0 bridgehead atoms. The van der Waals surface area contributed by atoms with Crippen LogP contribution in [0.4, 0.5) is 0 Å². The molecule has 1 fully saturated rings. The molecule has 0 atom stereocenters. The molecule has 0 radical (unpaired) electrons. The van der Waals surface area contributed by atoms with Crippen molar-refractivity contribution in [1.82, 2.24) is 9.78 Å². The van der Waals surface area contributed by atoms with Crippen molar-refractivity contribution in [1.29, 1.82) is 0 Å². The van der Waals surface area contributed by atoms with Gasteiger partial charge in [0.25, 0.3) is 0 Å². The molecule has 0 saturated heterocycles. The van der Waals surface area contributed by atoms with Crippen molar-refractivity contribution in [3.63, 3.8) is 0 Å². The Morgan fingerprint density at radius 3 is 2.48 bits per heavy atom. The van der Waals surface area contributed by atoms with Gasteiger partial charge in [0.2, 0.25) is 0 Å². The Morgan fingerprint density at radius 2 is 2.00 bits per heavy atom. The van der Waals surface area contributed by atoms with Gasteiger partial charge in [-0.15, -0.1) is 0 Å². The van der Waals surface area contributed by atoms with Crippen LogP contribution in [0.5, 0.6) is 0 Å². The van der Waals surface area contributed by atoms with E-state index in [0.717, 1.165) is 25.3 Å². The van der Waals surface area contributed by atoms with E-state index >= 15 is 0 Å². The molecule has 0 aromatic carbocycles. The van der Waals surface area contributed by atoms with Crippen LogP contribution in [-0.4, -0.2) is 16.3 Å². The molecular weight excluding hydrogens is 326 g/mol. The largest absolute Gasteiger partial charge is 0.330 e. The monoisotopic (exact) mass is 355 g/mol. The second kappa shape index (κ2) is 7.28. The maximum absolute atomic E-state index is 6.20. The maximum Gasteiger partial charge on any atom is 0.0766 e. The number of nitrogens with two attached hydrogens (primary N) is 1. The second-order valence-electron chi connectivity index (χ2n) is 6.80. The Morgan fingerprint density at radius 1 is 1.33 bits per heavy atom. The van der Waals surface area contributed by atoms with Gasteiger partial charge in [-0.1, -0.05) is 26.7 Å². The lowest BCUT2D eigenvalue weighted by Gasteiger charge is -2.39. The Balaban J connectivity index is 2.11. The summed E-state index contributed by atoms with van der Waals surface area (Å²) in [7, 11) is 2.06. The second-order valence-corrected chi connectivity index (χ2v) is 7.59. The molecule has 0 aliphatic heterocycles. The van der Waals surface area contributed by atoms with Crippen LogP contribution in [0.1, 0.15) is 63.8 Å². The number of hydrogen-bond donors (Lipinski definition) is 1. The van der Waals surface area contributed by atoms with Crippen molar-refractivity contribution >= 4 is 15.9 Å². The molecule has 3 nitrogen and oxygen atoms in total. The molecule has 1 saturated carbocycles. The zero-order valence-corrected chi connectivity index (χ0v) is 15.4. The van der Waals surface area contributed by atoms with Crippen molar-refractivity contribution in [3.8, 4) is 0 Å². The number of rotatable bonds is 6. The average molecular weight is 356 g/mol. The number of hydrogen-bond acceptors (Lipinski definition) is 2. The molecule has 1 aliphatic rings. The predicted octanol–water partition coefficient (Wildman–Crippen LogP) is 4.22. The van der Waals surface area contributed by atoms with Crippen LogP contribution in [0.15, 0.2) is 4.47 Å². The highest BCUT2D eigenvalue weighted by Gasteiger charge is 2.35. The standard InChI is InChI=1S/C17H30BrN3/c1-4-6-13-7-9-17(12-19,10-8-13)11-15-16(18)14(5-2)20-21(15)3/h13H,4-12,19H2,1-3H3. The molecule has 1 aromatic rings. The van der Waals surface area contributed by atoms with Crippen LogP contribution < -0.4 is 5.73 Å². The van der Waals surface area contributed by atoms with Gasteiger partial charge in [-0.2, -0.15) is 5.10 Å². The van der Waals surface area contributed by atoms with Crippen LogP contribution in [0, 0.1) is 11.3 Å². The Kier molecular flexibility index (Phi) is 5.89. The summed E-state index contributed by atoms with van der Waals surface area (Å²) in [5.41, 5.74) is 8.97. The highest BCUT2D eigenvalue weighted by atomic mass is 79.9. The first kappa shape index (κ1) is 17.0. The summed E-state index contributed by atoms with van der Waals surface area (Å²) < 4.78 is 3.26. The van der Waals surface area contributed by atoms with Gasteiger partial charge in [0.1, 0.15) is 0 Å². The normalized spacial score (nSPS) is 26.2. The van der Waals surface area contributed by atoms with E-state index in [9.17, 15) is 0 Å². The third-order valence-electron chi connectivity index (χ3n) is 5.34. The molecule has 21 heavy (non-hydrogen) atoms. The first-order chi connectivity index (χ1) is 10.0. The summed E-state index contributed by atoms with van der Waals surface area (Å²) in [5.74, 6) is 0.927. The zero-order chi connectivity index (χ0) is 15.5. The van der Waals surface area contributed by atoms with Gasteiger partial charge >= 0.3 is 0 Å². The van der Waals surface area contributed by atoms with E-state index in [1.54, 1.807) is 0 Å². The van der Waals surface area contributed by atoms with E-state index in [1.807, 2.05) is 0 Å². The Hall–Kier alpha value is -0.350. The van der Waals surface area contributed by atoms with E-state index in [0.29, 0.717) is 0 Å². The Labute approximate surface area is 137 Å². The zero-order valence-electron chi connectivity index (χ0n) is 13.8. The van der Waals surface area contributed by atoms with Crippen LogP contribution in [0.2, 0.25) is 0 Å².